The number of esters is 1. The van der Waals surface area contributed by atoms with Crippen molar-refractivity contribution in [1.29, 1.82) is 0 Å². The van der Waals surface area contributed by atoms with Crippen LogP contribution in [-0.4, -0.2) is 46.9 Å². The summed E-state index contributed by atoms with van der Waals surface area (Å²) in [6, 6.07) is -0.699. The second-order valence-corrected chi connectivity index (χ2v) is 18.6. The number of allylic oxidation sites excluding steroid dienone is 4. The van der Waals surface area contributed by atoms with Crippen molar-refractivity contribution in [2.45, 2.75) is 309 Å². The minimum Gasteiger partial charge on any atom is -0.462 e. The predicted octanol–water partition coefficient (Wildman–Crippen LogP) is 16.3. The van der Waals surface area contributed by atoms with Gasteiger partial charge in [-0.3, -0.25) is 9.59 Å². The molecule has 0 spiro atoms. The maximum absolute atomic E-state index is 13.2. The Labute approximate surface area is 380 Å². The lowest BCUT2D eigenvalue weighted by atomic mass is 10.0. The summed E-state index contributed by atoms with van der Waals surface area (Å²) < 4.78 is 5.93. The maximum Gasteiger partial charge on any atom is 0.306 e. The van der Waals surface area contributed by atoms with Crippen molar-refractivity contribution >= 4 is 11.9 Å². The van der Waals surface area contributed by atoms with Gasteiger partial charge in [0, 0.05) is 6.42 Å². The third-order valence-corrected chi connectivity index (χ3v) is 12.5. The van der Waals surface area contributed by atoms with Gasteiger partial charge < -0.3 is 20.3 Å². The Morgan fingerprint density at radius 3 is 1.28 bits per heavy atom. The number of rotatable bonds is 49. The van der Waals surface area contributed by atoms with Crippen LogP contribution in [-0.2, 0) is 14.3 Å². The van der Waals surface area contributed by atoms with E-state index in [0.29, 0.717) is 19.3 Å². The third-order valence-electron chi connectivity index (χ3n) is 12.5. The number of amides is 1. The number of hydrogen-bond acceptors (Lipinski definition) is 5. The average Bonchev–Trinajstić information content (AvgIpc) is 3.25. The summed E-state index contributed by atoms with van der Waals surface area (Å²) in [5.41, 5.74) is 0. The van der Waals surface area contributed by atoms with E-state index in [9.17, 15) is 19.8 Å². The van der Waals surface area contributed by atoms with E-state index in [1.165, 1.54) is 180 Å². The fourth-order valence-corrected chi connectivity index (χ4v) is 8.40. The van der Waals surface area contributed by atoms with Gasteiger partial charge in [0.15, 0.2) is 0 Å². The minimum absolute atomic E-state index is 0.0775. The second kappa shape index (κ2) is 49.4. The maximum atomic E-state index is 13.2. The van der Waals surface area contributed by atoms with E-state index in [2.05, 4.69) is 50.4 Å². The highest BCUT2D eigenvalue weighted by Crippen LogP contribution is 2.18. The van der Waals surface area contributed by atoms with Crippen LogP contribution >= 0.6 is 0 Å². The van der Waals surface area contributed by atoms with Crippen molar-refractivity contribution in [1.82, 2.24) is 5.32 Å². The highest BCUT2D eigenvalue weighted by atomic mass is 16.5. The van der Waals surface area contributed by atoms with Crippen LogP contribution in [0, 0.1) is 0 Å². The van der Waals surface area contributed by atoms with Gasteiger partial charge in [0.05, 0.1) is 25.2 Å². The molecule has 0 aliphatic heterocycles. The highest BCUT2D eigenvalue weighted by Gasteiger charge is 2.24. The number of hydrogen-bond donors (Lipinski definition) is 3. The van der Waals surface area contributed by atoms with E-state index < -0.39 is 18.2 Å². The minimum atomic E-state index is -0.786. The Morgan fingerprint density at radius 1 is 0.475 bits per heavy atom. The van der Waals surface area contributed by atoms with Crippen LogP contribution in [0.15, 0.2) is 24.3 Å². The van der Waals surface area contributed by atoms with Gasteiger partial charge in [0.25, 0.3) is 0 Å². The van der Waals surface area contributed by atoms with Gasteiger partial charge in [-0.25, -0.2) is 0 Å². The molecule has 0 aromatic heterocycles. The molecule has 360 valence electrons. The molecule has 0 saturated heterocycles. The zero-order valence-corrected chi connectivity index (χ0v) is 41.1. The van der Waals surface area contributed by atoms with Gasteiger partial charge in [-0.15, -0.1) is 0 Å². The van der Waals surface area contributed by atoms with E-state index in [-0.39, 0.29) is 24.9 Å². The molecule has 3 atom stereocenters. The van der Waals surface area contributed by atoms with E-state index in [0.717, 1.165) is 64.2 Å². The van der Waals surface area contributed by atoms with E-state index in [1.807, 2.05) is 0 Å². The zero-order valence-electron chi connectivity index (χ0n) is 41.1. The molecule has 3 unspecified atom stereocenters. The van der Waals surface area contributed by atoms with Crippen LogP contribution in [0.2, 0.25) is 0 Å². The molecule has 0 aliphatic rings. The fourth-order valence-electron chi connectivity index (χ4n) is 8.40. The van der Waals surface area contributed by atoms with E-state index in [4.69, 9.17) is 4.74 Å². The van der Waals surface area contributed by atoms with Crippen LogP contribution in [0.5, 0.6) is 0 Å². The van der Waals surface area contributed by atoms with Crippen LogP contribution in [0.3, 0.4) is 0 Å². The van der Waals surface area contributed by atoms with Gasteiger partial charge in [-0.05, 0) is 57.8 Å². The lowest BCUT2D eigenvalue weighted by Gasteiger charge is -2.24. The molecule has 0 aromatic carbocycles. The molecular weight excluding hydrogens is 755 g/mol. The van der Waals surface area contributed by atoms with Gasteiger partial charge in [0.2, 0.25) is 5.91 Å². The summed E-state index contributed by atoms with van der Waals surface area (Å²) >= 11 is 0. The van der Waals surface area contributed by atoms with Crippen molar-refractivity contribution < 1.29 is 24.5 Å². The summed E-state index contributed by atoms with van der Waals surface area (Å²) in [4.78, 5) is 26.1. The molecule has 0 heterocycles. The molecule has 0 saturated carbocycles. The number of carbonyl (C=O) groups excluding carboxylic acids is 2. The van der Waals surface area contributed by atoms with Crippen LogP contribution in [0.1, 0.15) is 290 Å². The average molecular weight is 860 g/mol. The monoisotopic (exact) mass is 860 g/mol. The largest absolute Gasteiger partial charge is 0.462 e. The van der Waals surface area contributed by atoms with E-state index >= 15 is 0 Å². The normalized spacial score (nSPS) is 13.3. The summed E-state index contributed by atoms with van der Waals surface area (Å²) in [5.74, 6) is -0.468. The quantitative estimate of drug-likeness (QED) is 0.0322. The highest BCUT2D eigenvalue weighted by molar-refractivity contribution is 5.77. The molecule has 0 radical (unpaired) electrons. The lowest BCUT2D eigenvalue weighted by molar-refractivity contribution is -0.151. The molecule has 0 aliphatic carbocycles. The molecule has 6 heteroatoms. The van der Waals surface area contributed by atoms with Gasteiger partial charge in [-0.2, -0.15) is 0 Å². The van der Waals surface area contributed by atoms with E-state index in [1.54, 1.807) is 0 Å². The lowest BCUT2D eigenvalue weighted by Crippen LogP contribution is -2.46. The molecule has 61 heavy (non-hydrogen) atoms. The summed E-state index contributed by atoms with van der Waals surface area (Å²) in [5, 5.41) is 23.8. The summed E-state index contributed by atoms with van der Waals surface area (Å²) in [7, 11) is 0. The van der Waals surface area contributed by atoms with Gasteiger partial charge >= 0.3 is 5.97 Å². The standard InChI is InChI=1S/C55H105NO5/c1-4-7-10-13-16-19-22-24-26-27-29-30-32-34-37-40-43-46-51(61-55(60)48-45-42-39-36-21-18-15-12-9-6-3)49-54(59)56-52(50-57)53(58)47-44-41-38-35-33-31-28-25-23-20-17-14-11-8-5-2/h16,19,24,26,51-53,57-58H,4-15,17-18,20-23,25,27-50H2,1-3H3,(H,56,59)/b19-16-,26-24-. The van der Waals surface area contributed by atoms with Crippen LogP contribution in [0.4, 0.5) is 0 Å². The van der Waals surface area contributed by atoms with Crippen molar-refractivity contribution in [2.24, 2.45) is 0 Å². The molecule has 3 N–H and O–H groups in total. The Bertz CT molecular complexity index is 966. The third kappa shape index (κ3) is 44.7. The fraction of sp³-hybridized carbons (Fsp3) is 0.891. The van der Waals surface area contributed by atoms with Crippen molar-refractivity contribution in [3.05, 3.63) is 24.3 Å². The predicted molar refractivity (Wildman–Crippen MR) is 264 cm³/mol. The number of carbonyl (C=O) groups is 2. The van der Waals surface area contributed by atoms with Gasteiger partial charge in [0.1, 0.15) is 6.10 Å². The van der Waals surface area contributed by atoms with Crippen molar-refractivity contribution in [2.75, 3.05) is 6.61 Å². The molecule has 6 nitrogen and oxygen atoms in total. The smallest absolute Gasteiger partial charge is 0.306 e. The molecule has 0 bridgehead atoms. The SMILES string of the molecule is CCCCC/C=C\C/C=C\CCCCCCCCCC(CC(=O)NC(CO)C(O)CCCCCCCCCCCCCCCCC)OC(=O)CCCCCCCCCCCC. The first-order valence-electron chi connectivity index (χ1n) is 27.1. The summed E-state index contributed by atoms with van der Waals surface area (Å²) in [6.07, 6.45) is 56.6. The molecule has 1 amide bonds. The Balaban J connectivity index is 4.51. The Kier molecular flexibility index (Phi) is 48.0. The Morgan fingerprint density at radius 2 is 0.836 bits per heavy atom. The van der Waals surface area contributed by atoms with Crippen molar-refractivity contribution in [3.63, 3.8) is 0 Å². The van der Waals surface area contributed by atoms with Crippen LogP contribution < -0.4 is 5.32 Å². The molecule has 0 fully saturated rings. The molecule has 0 aromatic rings. The topological polar surface area (TPSA) is 95.9 Å². The number of ether oxygens (including phenoxy) is 1. The number of unbranched alkanes of at least 4 members (excludes halogenated alkanes) is 33. The molecular formula is C55H105NO5. The number of aliphatic hydroxyl groups is 2. The zero-order chi connectivity index (χ0) is 44.5. The first-order chi connectivity index (χ1) is 30.0. The first kappa shape index (κ1) is 59.3. The molecule has 0 rings (SSSR count). The Hall–Kier alpha value is -1.66. The first-order valence-corrected chi connectivity index (χ1v) is 27.1. The second-order valence-electron chi connectivity index (χ2n) is 18.6. The summed E-state index contributed by atoms with van der Waals surface area (Å²) in [6.45, 7) is 6.47. The number of aliphatic hydroxyl groups excluding tert-OH is 2. The van der Waals surface area contributed by atoms with Gasteiger partial charge in [-0.1, -0.05) is 244 Å². The van der Waals surface area contributed by atoms with Crippen molar-refractivity contribution in [3.8, 4) is 0 Å². The van der Waals surface area contributed by atoms with Crippen LogP contribution in [0.25, 0.3) is 0 Å². The number of nitrogens with one attached hydrogen (secondary N) is 1.